The van der Waals surface area contributed by atoms with Crippen LogP contribution < -0.4 is 0 Å². The number of aliphatic hydroxyl groups excluding tert-OH is 4. The van der Waals surface area contributed by atoms with Crippen molar-refractivity contribution in [3.05, 3.63) is 0 Å². The Labute approximate surface area is 167 Å². The molecule has 0 rings (SSSR count). The summed E-state index contributed by atoms with van der Waals surface area (Å²) in [5, 5.41) is 63.7. The lowest BCUT2D eigenvalue weighted by atomic mass is 9.95. The molecule has 0 saturated carbocycles. The highest BCUT2D eigenvalue weighted by Gasteiger charge is 2.49. The average Bonchev–Trinajstić information content (AvgIpc) is 2.63. The summed E-state index contributed by atoms with van der Waals surface area (Å²) >= 11 is 0. The van der Waals surface area contributed by atoms with Crippen LogP contribution in [0.3, 0.4) is 0 Å². The molecule has 5 atom stereocenters. The molecule has 7 N–H and O–H groups in total. The molecule has 0 aromatic rings. The summed E-state index contributed by atoms with van der Waals surface area (Å²) in [5.41, 5.74) is -3.17. The fraction of sp³-hybridized carbons (Fsp3) is 0.600. The third-order valence-electron chi connectivity index (χ3n) is 3.51. The van der Waals surface area contributed by atoms with Gasteiger partial charge in [-0.05, 0) is 0 Å². The van der Waals surface area contributed by atoms with Gasteiger partial charge in [-0.25, -0.2) is 9.59 Å². The van der Waals surface area contributed by atoms with E-state index in [1.165, 1.54) is 0 Å². The van der Waals surface area contributed by atoms with E-state index in [4.69, 9.17) is 15.3 Å². The van der Waals surface area contributed by atoms with E-state index in [0.29, 0.717) is 0 Å². The predicted octanol–water partition coefficient (Wildman–Crippen LogP) is -4.12. The largest absolute Gasteiger partial charge is 0.481 e. The summed E-state index contributed by atoms with van der Waals surface area (Å²) < 4.78 is 8.86. The standard InChI is InChI=1S/C15H20O15/c16-4-7(19)12(25)8(5-17)29-11(24)3-15(14(27)28,2-10(22)23)30-13(26)6(18)1-9(20)21/h5-8,12,16,18-19,25H,1-4H2,(H,20,21)(H,22,23)(H,27,28)/t6?,7-,8-,12-,15?/m0/s1. The minimum Gasteiger partial charge on any atom is -0.481 e. The van der Waals surface area contributed by atoms with Gasteiger partial charge in [0.2, 0.25) is 5.60 Å². The number of carbonyl (C=O) groups is 6. The van der Waals surface area contributed by atoms with Gasteiger partial charge < -0.3 is 45.2 Å². The number of aldehydes is 1. The minimum atomic E-state index is -3.17. The zero-order chi connectivity index (χ0) is 23.6. The summed E-state index contributed by atoms with van der Waals surface area (Å²) in [6.07, 6.45) is -13.0. The minimum absolute atomic E-state index is 0.177. The van der Waals surface area contributed by atoms with E-state index < -0.39 is 85.7 Å². The molecule has 15 nitrogen and oxygen atoms in total. The summed E-state index contributed by atoms with van der Waals surface area (Å²) in [4.78, 5) is 67.9. The van der Waals surface area contributed by atoms with Gasteiger partial charge in [0.25, 0.3) is 0 Å². The van der Waals surface area contributed by atoms with Crippen molar-refractivity contribution in [2.75, 3.05) is 6.61 Å². The van der Waals surface area contributed by atoms with Crippen LogP contribution in [0.2, 0.25) is 0 Å². The smallest absolute Gasteiger partial charge is 0.349 e. The number of hydrogen-bond donors (Lipinski definition) is 7. The molecule has 0 bridgehead atoms. The van der Waals surface area contributed by atoms with Gasteiger partial charge in [0.05, 0.1) is 25.9 Å². The van der Waals surface area contributed by atoms with Crippen LogP contribution in [0.4, 0.5) is 0 Å². The summed E-state index contributed by atoms with van der Waals surface area (Å²) in [5.74, 6) is -9.29. The number of rotatable bonds is 14. The molecule has 0 amide bonds. The monoisotopic (exact) mass is 440 g/mol. The molecule has 0 heterocycles. The topological polar surface area (TPSA) is 262 Å². The van der Waals surface area contributed by atoms with Gasteiger partial charge in [-0.15, -0.1) is 0 Å². The zero-order valence-corrected chi connectivity index (χ0v) is 15.1. The molecular formula is C15H20O15. The molecule has 170 valence electrons. The van der Waals surface area contributed by atoms with Crippen molar-refractivity contribution in [3.63, 3.8) is 0 Å². The normalized spacial score (nSPS) is 16.8. The summed E-state index contributed by atoms with van der Waals surface area (Å²) in [6, 6.07) is 0. The van der Waals surface area contributed by atoms with Crippen molar-refractivity contribution in [2.24, 2.45) is 0 Å². The molecule has 0 aliphatic rings. The lowest BCUT2D eigenvalue weighted by molar-refractivity contribution is -0.194. The Morgan fingerprint density at radius 2 is 1.50 bits per heavy atom. The molecule has 0 saturated heterocycles. The molecule has 0 aromatic heterocycles. The van der Waals surface area contributed by atoms with Gasteiger partial charge in [-0.2, -0.15) is 0 Å². The molecule has 0 spiro atoms. The lowest BCUT2D eigenvalue weighted by Gasteiger charge is -2.29. The maximum absolute atomic E-state index is 12.0. The van der Waals surface area contributed by atoms with Crippen LogP contribution in [-0.2, 0) is 38.2 Å². The van der Waals surface area contributed by atoms with Gasteiger partial charge in [-0.3, -0.25) is 19.2 Å². The molecule has 0 radical (unpaired) electrons. The SMILES string of the molecule is O=C[C@H](OC(=O)CC(CC(=O)O)(OC(=O)C(O)CC(=O)O)C(=O)O)[C@@H](O)[C@@H](O)CO. The maximum atomic E-state index is 12.0. The van der Waals surface area contributed by atoms with E-state index in [-0.39, 0.29) is 6.29 Å². The van der Waals surface area contributed by atoms with E-state index in [2.05, 4.69) is 9.47 Å². The Morgan fingerprint density at radius 3 is 1.90 bits per heavy atom. The van der Waals surface area contributed by atoms with Crippen molar-refractivity contribution in [1.29, 1.82) is 0 Å². The van der Waals surface area contributed by atoms with Crippen LogP contribution in [0.25, 0.3) is 0 Å². The summed E-state index contributed by atoms with van der Waals surface area (Å²) in [7, 11) is 0. The highest BCUT2D eigenvalue weighted by molar-refractivity contribution is 5.92. The van der Waals surface area contributed by atoms with Crippen LogP contribution in [0.1, 0.15) is 19.3 Å². The van der Waals surface area contributed by atoms with Crippen molar-refractivity contribution in [2.45, 2.75) is 49.3 Å². The molecule has 0 aliphatic heterocycles. The van der Waals surface area contributed by atoms with Gasteiger partial charge >= 0.3 is 29.8 Å². The number of esters is 2. The Hall–Kier alpha value is -3.14. The first-order valence-electron chi connectivity index (χ1n) is 7.99. The van der Waals surface area contributed by atoms with E-state index in [9.17, 15) is 49.2 Å². The number of aliphatic hydroxyl groups is 4. The van der Waals surface area contributed by atoms with Gasteiger partial charge in [-0.1, -0.05) is 0 Å². The van der Waals surface area contributed by atoms with Crippen LogP contribution in [0.15, 0.2) is 0 Å². The second-order valence-corrected chi connectivity index (χ2v) is 5.91. The first-order valence-corrected chi connectivity index (χ1v) is 7.99. The van der Waals surface area contributed by atoms with Crippen molar-refractivity contribution in [1.82, 2.24) is 0 Å². The van der Waals surface area contributed by atoms with Gasteiger partial charge in [0.1, 0.15) is 12.2 Å². The fourth-order valence-corrected chi connectivity index (χ4v) is 2.01. The first kappa shape index (κ1) is 26.9. The Bertz CT molecular complexity index is 673. The highest BCUT2D eigenvalue weighted by Crippen LogP contribution is 2.24. The molecule has 0 aromatic carbocycles. The lowest BCUT2D eigenvalue weighted by Crippen LogP contribution is -2.50. The quantitative estimate of drug-likeness (QED) is 0.0998. The Morgan fingerprint density at radius 1 is 0.933 bits per heavy atom. The van der Waals surface area contributed by atoms with Crippen molar-refractivity contribution in [3.8, 4) is 0 Å². The Kier molecular flexibility index (Phi) is 10.5. The zero-order valence-electron chi connectivity index (χ0n) is 15.1. The molecule has 0 aliphatic carbocycles. The second-order valence-electron chi connectivity index (χ2n) is 5.91. The number of aliphatic carboxylic acids is 3. The summed E-state index contributed by atoms with van der Waals surface area (Å²) in [6.45, 7) is -1.04. The van der Waals surface area contributed by atoms with Crippen molar-refractivity contribution < 1.29 is 74.0 Å². The molecule has 0 fully saturated rings. The molecule has 2 unspecified atom stereocenters. The third-order valence-corrected chi connectivity index (χ3v) is 3.51. The third kappa shape index (κ3) is 8.08. The van der Waals surface area contributed by atoms with Gasteiger partial charge in [0.15, 0.2) is 18.5 Å². The fourth-order valence-electron chi connectivity index (χ4n) is 2.01. The predicted molar refractivity (Wildman–Crippen MR) is 86.6 cm³/mol. The first-order chi connectivity index (χ1) is 13.8. The number of carboxylic acids is 3. The average molecular weight is 440 g/mol. The van der Waals surface area contributed by atoms with Crippen LogP contribution in [0, 0.1) is 0 Å². The molecule has 30 heavy (non-hydrogen) atoms. The number of ether oxygens (including phenoxy) is 2. The highest BCUT2D eigenvalue weighted by atomic mass is 16.6. The molecular weight excluding hydrogens is 420 g/mol. The Balaban J connectivity index is 5.66. The number of carboxylic acid groups (broad SMARTS) is 3. The van der Waals surface area contributed by atoms with E-state index in [1.807, 2.05) is 0 Å². The number of carbonyl (C=O) groups excluding carboxylic acids is 3. The van der Waals surface area contributed by atoms with Crippen LogP contribution >= 0.6 is 0 Å². The maximum Gasteiger partial charge on any atom is 0.349 e. The van der Waals surface area contributed by atoms with Gasteiger partial charge in [0, 0.05) is 0 Å². The molecule has 15 heteroatoms. The van der Waals surface area contributed by atoms with Crippen LogP contribution in [-0.4, -0.2) is 109 Å². The van der Waals surface area contributed by atoms with Crippen LogP contribution in [0.5, 0.6) is 0 Å². The number of hydrogen-bond acceptors (Lipinski definition) is 12. The van der Waals surface area contributed by atoms with E-state index in [0.717, 1.165) is 0 Å². The van der Waals surface area contributed by atoms with Crippen molar-refractivity contribution >= 4 is 36.1 Å². The van der Waals surface area contributed by atoms with E-state index in [1.54, 1.807) is 0 Å². The second kappa shape index (κ2) is 11.8. The van der Waals surface area contributed by atoms with E-state index >= 15 is 0 Å².